The zero-order valence-electron chi connectivity index (χ0n) is 14.7. The van der Waals surface area contributed by atoms with Crippen LogP contribution in [0.15, 0.2) is 53.4 Å². The number of rotatable bonds is 4. The Hall–Kier alpha value is -3.26. The quantitative estimate of drug-likeness (QED) is 0.789. The average Bonchev–Trinajstić information content (AvgIpc) is 2.90. The van der Waals surface area contributed by atoms with Crippen molar-refractivity contribution in [2.24, 2.45) is 0 Å². The number of anilines is 1. The van der Waals surface area contributed by atoms with Crippen LogP contribution in [0.4, 0.5) is 10.5 Å². The van der Waals surface area contributed by atoms with E-state index in [1.54, 1.807) is 18.2 Å². The van der Waals surface area contributed by atoms with Gasteiger partial charge in [-0.2, -0.15) is 5.01 Å². The fourth-order valence-electron chi connectivity index (χ4n) is 2.41. The fraction of sp³-hybridized carbons (Fsp3) is 0.105. The van der Waals surface area contributed by atoms with Crippen LogP contribution in [-0.4, -0.2) is 41.3 Å². The van der Waals surface area contributed by atoms with Crippen LogP contribution in [-0.2, 0) is 4.79 Å². The van der Waals surface area contributed by atoms with E-state index in [4.69, 9.17) is 0 Å². The Labute approximate surface area is 160 Å². The van der Waals surface area contributed by atoms with E-state index in [-0.39, 0.29) is 16.2 Å². The van der Waals surface area contributed by atoms with Crippen molar-refractivity contribution in [2.45, 2.75) is 0 Å². The smallest absolute Gasteiger partial charge is 0.312 e. The number of hydrogen-bond donors (Lipinski definition) is 2. The fourth-order valence-corrected chi connectivity index (χ4v) is 3.19. The first-order chi connectivity index (χ1) is 12.9. The number of aromatic hydroxyl groups is 1. The molecule has 1 aliphatic heterocycles. The highest BCUT2D eigenvalue weighted by Gasteiger charge is 2.37. The summed E-state index contributed by atoms with van der Waals surface area (Å²) in [5.41, 5.74) is 3.99. The number of phenolic OH excluding ortho intramolecular Hbond substituents is 1. The van der Waals surface area contributed by atoms with Crippen molar-refractivity contribution in [1.29, 1.82) is 0 Å². The van der Waals surface area contributed by atoms with Gasteiger partial charge in [0.1, 0.15) is 5.75 Å². The van der Waals surface area contributed by atoms with Crippen LogP contribution in [0.3, 0.4) is 0 Å². The minimum Gasteiger partial charge on any atom is -0.507 e. The molecule has 1 aliphatic rings. The van der Waals surface area contributed by atoms with Gasteiger partial charge in [-0.15, -0.1) is 0 Å². The van der Waals surface area contributed by atoms with Gasteiger partial charge in [0.15, 0.2) is 0 Å². The molecule has 3 amide bonds. The normalized spacial score (nSPS) is 15.3. The third-order valence-corrected chi connectivity index (χ3v) is 4.73. The number of benzene rings is 2. The van der Waals surface area contributed by atoms with Crippen molar-refractivity contribution in [3.8, 4) is 5.75 Å². The molecule has 2 aromatic rings. The number of thioether (sulfide) groups is 1. The molecular weight excluding hydrogens is 366 g/mol. The van der Waals surface area contributed by atoms with Crippen molar-refractivity contribution in [1.82, 2.24) is 10.4 Å². The van der Waals surface area contributed by atoms with E-state index in [2.05, 4.69) is 5.43 Å². The number of imide groups is 1. The second-order valence-electron chi connectivity index (χ2n) is 5.96. The summed E-state index contributed by atoms with van der Waals surface area (Å²) in [6, 6.07) is 13.3. The van der Waals surface area contributed by atoms with Gasteiger partial charge >= 0.3 is 5.24 Å². The first-order valence-corrected chi connectivity index (χ1v) is 8.83. The lowest BCUT2D eigenvalue weighted by Gasteiger charge is -2.14. The Morgan fingerprint density at radius 3 is 2.41 bits per heavy atom. The standard InChI is InChI=1S/C19H17N3O4S/c1-21(2)13-9-7-12(8-10-13)11-16-18(25)22(19(26)27-16)20-17(24)14-5-3-4-6-15(14)23/h3-11,23H,1-2H3,(H,20,24)/b16-11-. The molecule has 0 atom stereocenters. The SMILES string of the molecule is CN(C)c1ccc(/C=C2\SC(=O)N(NC(=O)c3ccccc3O)C2=O)cc1. The molecule has 1 saturated heterocycles. The number of carbonyl (C=O) groups is 3. The van der Waals surface area contributed by atoms with Gasteiger partial charge < -0.3 is 10.0 Å². The maximum atomic E-state index is 12.5. The summed E-state index contributed by atoms with van der Waals surface area (Å²) in [5, 5.41) is 9.77. The lowest BCUT2D eigenvalue weighted by atomic mass is 10.2. The highest BCUT2D eigenvalue weighted by Crippen LogP contribution is 2.31. The van der Waals surface area contributed by atoms with Crippen LogP contribution in [0.1, 0.15) is 15.9 Å². The highest BCUT2D eigenvalue weighted by molar-refractivity contribution is 8.18. The second-order valence-corrected chi connectivity index (χ2v) is 6.95. The van der Waals surface area contributed by atoms with Gasteiger partial charge in [0.2, 0.25) is 0 Å². The molecule has 0 unspecified atom stereocenters. The van der Waals surface area contributed by atoms with Crippen LogP contribution >= 0.6 is 11.8 Å². The van der Waals surface area contributed by atoms with Gasteiger partial charge in [-0.05, 0) is 47.7 Å². The lowest BCUT2D eigenvalue weighted by Crippen LogP contribution is -2.44. The zero-order chi connectivity index (χ0) is 19.6. The number of hydrazine groups is 1. The molecular formula is C19H17N3O4S. The van der Waals surface area contributed by atoms with Crippen molar-refractivity contribution >= 4 is 40.6 Å². The number of carbonyl (C=O) groups excluding carboxylic acids is 3. The van der Waals surface area contributed by atoms with Crippen LogP contribution in [0.2, 0.25) is 0 Å². The summed E-state index contributed by atoms with van der Waals surface area (Å²) in [4.78, 5) is 39.0. The molecule has 0 radical (unpaired) electrons. The predicted octanol–water partition coefficient (Wildman–Crippen LogP) is 2.84. The summed E-state index contributed by atoms with van der Waals surface area (Å²) in [7, 11) is 3.85. The van der Waals surface area contributed by atoms with Gasteiger partial charge in [0.25, 0.3) is 11.8 Å². The Kier molecular flexibility index (Phi) is 5.18. The number of para-hydroxylation sites is 1. The van der Waals surface area contributed by atoms with Gasteiger partial charge in [0, 0.05) is 19.8 Å². The number of amides is 3. The monoisotopic (exact) mass is 383 g/mol. The molecule has 138 valence electrons. The van der Waals surface area contributed by atoms with Crippen molar-refractivity contribution < 1.29 is 19.5 Å². The molecule has 0 aromatic heterocycles. The van der Waals surface area contributed by atoms with E-state index in [0.29, 0.717) is 5.01 Å². The molecule has 0 spiro atoms. The molecule has 27 heavy (non-hydrogen) atoms. The lowest BCUT2D eigenvalue weighted by molar-refractivity contribution is -0.124. The summed E-state index contributed by atoms with van der Waals surface area (Å²) in [6.07, 6.45) is 1.59. The largest absolute Gasteiger partial charge is 0.507 e. The van der Waals surface area contributed by atoms with Gasteiger partial charge in [-0.25, -0.2) is 0 Å². The van der Waals surface area contributed by atoms with Crippen LogP contribution < -0.4 is 10.3 Å². The summed E-state index contributed by atoms with van der Waals surface area (Å²) in [5.74, 6) is -1.60. The van der Waals surface area contributed by atoms with Crippen LogP contribution in [0, 0.1) is 0 Å². The number of phenols is 1. The number of hydrogen-bond acceptors (Lipinski definition) is 6. The highest BCUT2D eigenvalue weighted by atomic mass is 32.2. The van der Waals surface area contributed by atoms with Crippen molar-refractivity contribution in [2.75, 3.05) is 19.0 Å². The molecule has 1 heterocycles. The van der Waals surface area contributed by atoms with Crippen molar-refractivity contribution in [3.63, 3.8) is 0 Å². The van der Waals surface area contributed by atoms with Gasteiger partial charge in [0.05, 0.1) is 10.5 Å². The summed E-state index contributed by atoms with van der Waals surface area (Å²) < 4.78 is 0. The average molecular weight is 383 g/mol. The Morgan fingerprint density at radius 2 is 1.78 bits per heavy atom. The Balaban J connectivity index is 1.76. The van der Waals surface area contributed by atoms with Gasteiger partial charge in [-0.1, -0.05) is 24.3 Å². The Bertz CT molecular complexity index is 938. The van der Waals surface area contributed by atoms with E-state index < -0.39 is 17.1 Å². The summed E-state index contributed by atoms with van der Waals surface area (Å²) in [6.45, 7) is 0. The van der Waals surface area contributed by atoms with Crippen LogP contribution in [0.25, 0.3) is 6.08 Å². The minimum absolute atomic E-state index is 0.0280. The van der Waals surface area contributed by atoms with Crippen molar-refractivity contribution in [3.05, 3.63) is 64.6 Å². The first kappa shape index (κ1) is 18.5. The first-order valence-electron chi connectivity index (χ1n) is 8.01. The predicted molar refractivity (Wildman–Crippen MR) is 104 cm³/mol. The topological polar surface area (TPSA) is 90.0 Å². The molecule has 7 nitrogen and oxygen atoms in total. The molecule has 2 aromatic carbocycles. The molecule has 3 rings (SSSR count). The molecule has 0 bridgehead atoms. The van der Waals surface area contributed by atoms with E-state index in [0.717, 1.165) is 23.0 Å². The number of nitrogens with zero attached hydrogens (tertiary/aromatic N) is 2. The Morgan fingerprint density at radius 1 is 1.11 bits per heavy atom. The molecule has 0 aliphatic carbocycles. The maximum Gasteiger partial charge on any atom is 0.312 e. The summed E-state index contributed by atoms with van der Waals surface area (Å²) >= 11 is 0.739. The minimum atomic E-state index is -0.744. The second kappa shape index (κ2) is 7.55. The molecule has 0 saturated carbocycles. The maximum absolute atomic E-state index is 12.5. The zero-order valence-corrected chi connectivity index (χ0v) is 15.5. The molecule has 1 fully saturated rings. The number of nitrogens with one attached hydrogen (secondary N) is 1. The molecule has 8 heteroatoms. The van der Waals surface area contributed by atoms with Crippen LogP contribution in [0.5, 0.6) is 5.75 Å². The van der Waals surface area contributed by atoms with E-state index >= 15 is 0 Å². The molecule has 2 N–H and O–H groups in total. The van der Waals surface area contributed by atoms with Gasteiger partial charge in [-0.3, -0.25) is 19.8 Å². The van der Waals surface area contributed by atoms with E-state index in [9.17, 15) is 19.5 Å². The van der Waals surface area contributed by atoms with E-state index in [1.807, 2.05) is 43.3 Å². The third-order valence-electron chi connectivity index (χ3n) is 3.86. The third kappa shape index (κ3) is 3.95. The van der Waals surface area contributed by atoms with E-state index in [1.165, 1.54) is 12.1 Å².